The second-order valence-electron chi connectivity index (χ2n) is 8.62. The standard InChI is InChI=1S/C27H38N8O4/c1-20-2-4-21(5-3-20)18-31-26-33-25(30-11-13-36)34-27(35-26)32-19-22-6-8-23(9-7-22)24(37)29-12-15-39-17-16-38-14-10-28/h2-9,36H,10-19,28H2,1H3,(H,29,37)(H3,30,31,32,33,34,35). The molecule has 0 fully saturated rings. The SMILES string of the molecule is Cc1ccc(CNc2nc(NCCO)nc(NCc3ccc(C(=O)NCCOCCOCCN)cc3)n2)cc1. The van der Waals surface area contributed by atoms with E-state index < -0.39 is 0 Å². The van der Waals surface area contributed by atoms with E-state index in [4.69, 9.17) is 20.3 Å². The molecule has 0 aliphatic carbocycles. The van der Waals surface area contributed by atoms with Crippen LogP contribution >= 0.6 is 0 Å². The van der Waals surface area contributed by atoms with Crippen molar-refractivity contribution in [2.45, 2.75) is 20.0 Å². The zero-order valence-electron chi connectivity index (χ0n) is 22.3. The topological polar surface area (TPSA) is 169 Å². The molecule has 12 nitrogen and oxygen atoms in total. The van der Waals surface area contributed by atoms with Crippen molar-refractivity contribution in [1.82, 2.24) is 20.3 Å². The molecule has 39 heavy (non-hydrogen) atoms. The summed E-state index contributed by atoms with van der Waals surface area (Å²) in [6.45, 7) is 6.08. The summed E-state index contributed by atoms with van der Waals surface area (Å²) in [6, 6.07) is 15.5. The number of aliphatic hydroxyl groups excluding tert-OH is 1. The van der Waals surface area contributed by atoms with E-state index in [0.717, 1.165) is 11.1 Å². The van der Waals surface area contributed by atoms with Crippen molar-refractivity contribution >= 4 is 23.8 Å². The Balaban J connectivity index is 1.49. The fourth-order valence-electron chi connectivity index (χ4n) is 3.37. The third kappa shape index (κ3) is 11.2. The van der Waals surface area contributed by atoms with Crippen LogP contribution in [0.3, 0.4) is 0 Å². The van der Waals surface area contributed by atoms with Crippen LogP contribution in [0.15, 0.2) is 48.5 Å². The minimum absolute atomic E-state index is 0.0439. The Morgan fingerprint density at radius 1 is 0.769 bits per heavy atom. The first kappa shape index (κ1) is 29.7. The van der Waals surface area contributed by atoms with E-state index in [-0.39, 0.29) is 12.5 Å². The van der Waals surface area contributed by atoms with Gasteiger partial charge in [0.2, 0.25) is 17.8 Å². The maximum absolute atomic E-state index is 12.4. The number of benzene rings is 2. The number of anilines is 3. The van der Waals surface area contributed by atoms with Gasteiger partial charge in [0, 0.05) is 38.3 Å². The summed E-state index contributed by atoms with van der Waals surface area (Å²) in [6.07, 6.45) is 0. The minimum atomic E-state index is -0.168. The van der Waals surface area contributed by atoms with E-state index in [1.807, 2.05) is 31.2 Å². The third-order valence-corrected chi connectivity index (χ3v) is 5.43. The second-order valence-corrected chi connectivity index (χ2v) is 8.62. The van der Waals surface area contributed by atoms with E-state index in [0.29, 0.717) is 82.6 Å². The second kappa shape index (κ2) is 16.9. The number of carbonyl (C=O) groups excluding carboxylic acids is 1. The van der Waals surface area contributed by atoms with Gasteiger partial charge in [-0.25, -0.2) is 0 Å². The molecule has 1 heterocycles. The fourth-order valence-corrected chi connectivity index (χ4v) is 3.37. The zero-order valence-corrected chi connectivity index (χ0v) is 22.3. The molecule has 210 valence electrons. The average molecular weight is 539 g/mol. The molecular weight excluding hydrogens is 500 g/mol. The monoisotopic (exact) mass is 538 g/mol. The summed E-state index contributed by atoms with van der Waals surface area (Å²) in [5, 5.41) is 21.4. The van der Waals surface area contributed by atoms with Gasteiger partial charge in [0.15, 0.2) is 0 Å². The highest BCUT2D eigenvalue weighted by Crippen LogP contribution is 2.13. The lowest BCUT2D eigenvalue weighted by Crippen LogP contribution is -2.27. The molecule has 1 amide bonds. The summed E-state index contributed by atoms with van der Waals surface area (Å²) in [5.74, 6) is 0.977. The van der Waals surface area contributed by atoms with Crippen LogP contribution < -0.4 is 27.0 Å². The number of aromatic nitrogens is 3. The van der Waals surface area contributed by atoms with Crippen LogP contribution in [0.5, 0.6) is 0 Å². The molecule has 1 aromatic heterocycles. The predicted molar refractivity (Wildman–Crippen MR) is 151 cm³/mol. The van der Waals surface area contributed by atoms with Crippen LogP contribution in [-0.4, -0.2) is 78.6 Å². The maximum Gasteiger partial charge on any atom is 0.251 e. The highest BCUT2D eigenvalue weighted by Gasteiger charge is 2.08. The lowest BCUT2D eigenvalue weighted by atomic mass is 10.1. The highest BCUT2D eigenvalue weighted by molar-refractivity contribution is 5.94. The summed E-state index contributed by atoms with van der Waals surface area (Å²) < 4.78 is 10.6. The van der Waals surface area contributed by atoms with Gasteiger partial charge in [-0.05, 0) is 30.2 Å². The summed E-state index contributed by atoms with van der Waals surface area (Å²) in [5.41, 5.74) is 9.16. The van der Waals surface area contributed by atoms with E-state index in [2.05, 4.69) is 48.4 Å². The maximum atomic E-state index is 12.4. The van der Waals surface area contributed by atoms with Gasteiger partial charge < -0.3 is 41.6 Å². The van der Waals surface area contributed by atoms with Gasteiger partial charge in [0.05, 0.1) is 33.0 Å². The lowest BCUT2D eigenvalue weighted by molar-refractivity contribution is 0.0511. The number of amides is 1. The van der Waals surface area contributed by atoms with Gasteiger partial charge in [-0.15, -0.1) is 0 Å². The van der Waals surface area contributed by atoms with Crippen molar-refractivity contribution < 1.29 is 19.4 Å². The predicted octanol–water partition coefficient (Wildman–Crippen LogP) is 1.53. The Morgan fingerprint density at radius 2 is 1.31 bits per heavy atom. The molecule has 0 saturated heterocycles. The Kier molecular flexibility index (Phi) is 12.9. The molecule has 0 radical (unpaired) electrons. The van der Waals surface area contributed by atoms with Crippen LogP contribution in [0.2, 0.25) is 0 Å². The van der Waals surface area contributed by atoms with Crippen LogP contribution in [0.4, 0.5) is 17.8 Å². The van der Waals surface area contributed by atoms with E-state index in [1.165, 1.54) is 5.56 Å². The van der Waals surface area contributed by atoms with E-state index in [1.54, 1.807) is 12.1 Å². The first-order valence-corrected chi connectivity index (χ1v) is 12.9. The van der Waals surface area contributed by atoms with Crippen molar-refractivity contribution in [3.8, 4) is 0 Å². The summed E-state index contributed by atoms with van der Waals surface area (Å²) in [4.78, 5) is 25.6. The number of aliphatic hydroxyl groups is 1. The Bertz CT molecular complexity index is 1130. The first-order valence-electron chi connectivity index (χ1n) is 12.9. The van der Waals surface area contributed by atoms with Crippen molar-refractivity contribution in [2.75, 3.05) is 68.6 Å². The molecule has 7 N–H and O–H groups in total. The highest BCUT2D eigenvalue weighted by atomic mass is 16.5. The molecule has 0 spiro atoms. The number of carbonyl (C=O) groups is 1. The van der Waals surface area contributed by atoms with Crippen LogP contribution in [-0.2, 0) is 22.6 Å². The Hall–Kier alpha value is -3.84. The summed E-state index contributed by atoms with van der Waals surface area (Å²) in [7, 11) is 0. The number of rotatable bonds is 18. The molecule has 0 atom stereocenters. The molecule has 12 heteroatoms. The lowest BCUT2D eigenvalue weighted by Gasteiger charge is -2.11. The van der Waals surface area contributed by atoms with Gasteiger partial charge in [-0.2, -0.15) is 15.0 Å². The first-order chi connectivity index (χ1) is 19.1. The minimum Gasteiger partial charge on any atom is -0.395 e. The number of hydrogen-bond acceptors (Lipinski definition) is 11. The number of hydrogen-bond donors (Lipinski definition) is 6. The van der Waals surface area contributed by atoms with Crippen LogP contribution in [0.1, 0.15) is 27.0 Å². The van der Waals surface area contributed by atoms with Gasteiger partial charge in [0.25, 0.3) is 5.91 Å². The molecule has 0 saturated carbocycles. The Morgan fingerprint density at radius 3 is 1.87 bits per heavy atom. The molecule has 0 aliphatic rings. The molecule has 2 aromatic carbocycles. The van der Waals surface area contributed by atoms with Gasteiger partial charge in [0.1, 0.15) is 0 Å². The molecule has 0 aliphatic heterocycles. The van der Waals surface area contributed by atoms with Crippen molar-refractivity contribution in [3.05, 3.63) is 70.8 Å². The van der Waals surface area contributed by atoms with E-state index >= 15 is 0 Å². The third-order valence-electron chi connectivity index (χ3n) is 5.43. The fraction of sp³-hybridized carbons (Fsp3) is 0.407. The van der Waals surface area contributed by atoms with Gasteiger partial charge in [-0.1, -0.05) is 42.0 Å². The van der Waals surface area contributed by atoms with Crippen molar-refractivity contribution in [1.29, 1.82) is 0 Å². The molecule has 3 rings (SSSR count). The number of nitrogens with two attached hydrogens (primary N) is 1. The number of ether oxygens (including phenoxy) is 2. The quantitative estimate of drug-likeness (QED) is 0.130. The van der Waals surface area contributed by atoms with Crippen LogP contribution in [0.25, 0.3) is 0 Å². The van der Waals surface area contributed by atoms with Crippen molar-refractivity contribution in [3.63, 3.8) is 0 Å². The smallest absolute Gasteiger partial charge is 0.251 e. The average Bonchev–Trinajstić information content (AvgIpc) is 2.96. The van der Waals surface area contributed by atoms with Crippen molar-refractivity contribution in [2.24, 2.45) is 5.73 Å². The van der Waals surface area contributed by atoms with E-state index in [9.17, 15) is 4.79 Å². The summed E-state index contributed by atoms with van der Waals surface area (Å²) >= 11 is 0. The number of aryl methyl sites for hydroxylation is 1. The van der Waals surface area contributed by atoms with Gasteiger partial charge >= 0.3 is 0 Å². The molecular formula is C27H38N8O4. The normalized spacial score (nSPS) is 10.7. The number of nitrogens with one attached hydrogen (secondary N) is 4. The molecule has 0 unspecified atom stereocenters. The van der Waals surface area contributed by atoms with Crippen LogP contribution in [0, 0.1) is 6.92 Å². The molecule has 0 bridgehead atoms. The zero-order chi connectivity index (χ0) is 27.7. The number of nitrogens with zero attached hydrogens (tertiary/aromatic N) is 3. The molecule has 3 aromatic rings. The van der Waals surface area contributed by atoms with Gasteiger partial charge in [-0.3, -0.25) is 4.79 Å². The largest absolute Gasteiger partial charge is 0.395 e. The Labute approximate surface area is 228 Å².